The van der Waals surface area contributed by atoms with Crippen molar-refractivity contribution in [2.45, 2.75) is 31.7 Å². The molecule has 3 rings (SSSR count). The molecule has 0 radical (unpaired) electrons. The molecule has 1 fully saturated rings. The van der Waals surface area contributed by atoms with E-state index in [1.807, 2.05) is 18.3 Å². The zero-order valence-electron chi connectivity index (χ0n) is 10.4. The van der Waals surface area contributed by atoms with E-state index in [0.29, 0.717) is 18.5 Å². The number of hydrogen-bond donors (Lipinski definition) is 2. The third-order valence-electron chi connectivity index (χ3n) is 3.81. The molecule has 0 aliphatic heterocycles. The summed E-state index contributed by atoms with van der Waals surface area (Å²) in [5.41, 5.74) is 6.75. The zero-order chi connectivity index (χ0) is 12.4. The van der Waals surface area contributed by atoms with Gasteiger partial charge in [-0.3, -0.25) is 0 Å². The molecule has 3 N–H and O–H groups in total. The molecule has 2 aromatic rings. The van der Waals surface area contributed by atoms with Gasteiger partial charge in [0, 0.05) is 24.8 Å². The second-order valence-electron chi connectivity index (χ2n) is 4.98. The molecule has 1 saturated carbocycles. The second kappa shape index (κ2) is 4.94. The molecule has 1 aliphatic carbocycles. The number of nitrogens with one attached hydrogen (secondary N) is 1. The third kappa shape index (κ3) is 2.18. The molecule has 0 saturated heterocycles. The molecule has 0 spiro atoms. The summed E-state index contributed by atoms with van der Waals surface area (Å²) in [6.07, 6.45) is 8.90. The van der Waals surface area contributed by atoms with Gasteiger partial charge in [-0.2, -0.15) is 5.10 Å². The number of fused-ring (bicyclic) bond motifs is 1. The maximum absolute atomic E-state index is 5.89. The standard InChI is InChI=1S/C13H19N5/c14-9-11(10-3-1-2-4-10)16-12-6-8-18-13(17-12)5-7-15-18/h5-8,10-11H,1-4,9,14H2,(H,16,17). The number of nitrogens with two attached hydrogens (primary N) is 1. The van der Waals surface area contributed by atoms with Crippen molar-refractivity contribution in [2.24, 2.45) is 11.7 Å². The fraction of sp³-hybridized carbons (Fsp3) is 0.538. The van der Waals surface area contributed by atoms with Crippen LogP contribution in [-0.2, 0) is 0 Å². The van der Waals surface area contributed by atoms with Crippen molar-refractivity contribution >= 4 is 11.5 Å². The highest BCUT2D eigenvalue weighted by Crippen LogP contribution is 2.28. The molecule has 2 aromatic heterocycles. The Morgan fingerprint density at radius 3 is 3.00 bits per heavy atom. The fourth-order valence-corrected chi connectivity index (χ4v) is 2.81. The van der Waals surface area contributed by atoms with Gasteiger partial charge in [-0.05, 0) is 24.8 Å². The lowest BCUT2D eigenvalue weighted by atomic mass is 9.98. The van der Waals surface area contributed by atoms with Crippen LogP contribution in [0, 0.1) is 5.92 Å². The SMILES string of the molecule is NCC(Nc1ccn2nccc2n1)C1CCCC1. The number of rotatable bonds is 4. The second-order valence-corrected chi connectivity index (χ2v) is 4.98. The number of anilines is 1. The van der Waals surface area contributed by atoms with Crippen LogP contribution in [0.2, 0.25) is 0 Å². The first-order chi connectivity index (χ1) is 8.86. The Balaban J connectivity index is 1.76. The molecule has 0 aromatic carbocycles. The van der Waals surface area contributed by atoms with Gasteiger partial charge in [-0.1, -0.05) is 12.8 Å². The minimum Gasteiger partial charge on any atom is -0.366 e. The first-order valence-corrected chi connectivity index (χ1v) is 6.64. The van der Waals surface area contributed by atoms with Crippen molar-refractivity contribution in [1.82, 2.24) is 14.6 Å². The van der Waals surface area contributed by atoms with Gasteiger partial charge in [0.15, 0.2) is 5.65 Å². The Labute approximate surface area is 106 Å². The monoisotopic (exact) mass is 245 g/mol. The average Bonchev–Trinajstić information content (AvgIpc) is 3.06. The van der Waals surface area contributed by atoms with Gasteiger partial charge in [0.25, 0.3) is 0 Å². The lowest BCUT2D eigenvalue weighted by Crippen LogP contribution is -2.35. The maximum atomic E-state index is 5.89. The van der Waals surface area contributed by atoms with E-state index in [2.05, 4.69) is 15.4 Å². The largest absolute Gasteiger partial charge is 0.366 e. The van der Waals surface area contributed by atoms with Crippen LogP contribution in [0.3, 0.4) is 0 Å². The predicted molar refractivity (Wildman–Crippen MR) is 71.4 cm³/mol. The molecular weight excluding hydrogens is 226 g/mol. The lowest BCUT2D eigenvalue weighted by molar-refractivity contribution is 0.461. The molecule has 0 bridgehead atoms. The molecule has 5 nitrogen and oxygen atoms in total. The van der Waals surface area contributed by atoms with Gasteiger partial charge in [0.05, 0.1) is 6.20 Å². The number of hydrogen-bond acceptors (Lipinski definition) is 4. The summed E-state index contributed by atoms with van der Waals surface area (Å²) in [6, 6.07) is 4.20. The number of nitrogens with zero attached hydrogens (tertiary/aromatic N) is 3. The third-order valence-corrected chi connectivity index (χ3v) is 3.81. The minimum atomic E-state index is 0.338. The highest BCUT2D eigenvalue weighted by molar-refractivity contribution is 5.46. The van der Waals surface area contributed by atoms with Crippen LogP contribution < -0.4 is 11.1 Å². The number of aromatic nitrogens is 3. The van der Waals surface area contributed by atoms with Gasteiger partial charge in [-0.25, -0.2) is 9.50 Å². The van der Waals surface area contributed by atoms with Gasteiger partial charge in [0.2, 0.25) is 0 Å². The van der Waals surface area contributed by atoms with E-state index in [-0.39, 0.29) is 0 Å². The average molecular weight is 245 g/mol. The Morgan fingerprint density at radius 2 is 2.22 bits per heavy atom. The van der Waals surface area contributed by atoms with Crippen molar-refractivity contribution < 1.29 is 0 Å². The van der Waals surface area contributed by atoms with Gasteiger partial charge in [0.1, 0.15) is 5.82 Å². The van der Waals surface area contributed by atoms with Gasteiger partial charge < -0.3 is 11.1 Å². The summed E-state index contributed by atoms with van der Waals surface area (Å²) in [6.45, 7) is 0.663. The smallest absolute Gasteiger partial charge is 0.157 e. The van der Waals surface area contributed by atoms with Crippen LogP contribution in [0.4, 0.5) is 5.82 Å². The van der Waals surface area contributed by atoms with E-state index >= 15 is 0 Å². The molecule has 0 amide bonds. The van der Waals surface area contributed by atoms with E-state index in [1.165, 1.54) is 25.7 Å². The quantitative estimate of drug-likeness (QED) is 0.859. The Morgan fingerprint density at radius 1 is 1.39 bits per heavy atom. The van der Waals surface area contributed by atoms with E-state index < -0.39 is 0 Å². The molecule has 5 heteroatoms. The van der Waals surface area contributed by atoms with Crippen LogP contribution in [0.5, 0.6) is 0 Å². The van der Waals surface area contributed by atoms with Crippen molar-refractivity contribution in [1.29, 1.82) is 0 Å². The minimum absolute atomic E-state index is 0.338. The van der Waals surface area contributed by atoms with Crippen molar-refractivity contribution in [3.05, 3.63) is 24.5 Å². The van der Waals surface area contributed by atoms with Crippen LogP contribution in [-0.4, -0.2) is 27.2 Å². The molecular formula is C13H19N5. The van der Waals surface area contributed by atoms with Gasteiger partial charge in [-0.15, -0.1) is 0 Å². The molecule has 1 atom stereocenters. The molecule has 18 heavy (non-hydrogen) atoms. The Bertz CT molecular complexity index is 515. The zero-order valence-corrected chi connectivity index (χ0v) is 10.4. The summed E-state index contributed by atoms with van der Waals surface area (Å²) in [5, 5.41) is 7.61. The summed E-state index contributed by atoms with van der Waals surface area (Å²) >= 11 is 0. The predicted octanol–water partition coefficient (Wildman–Crippen LogP) is 1.66. The van der Waals surface area contributed by atoms with E-state index in [4.69, 9.17) is 5.73 Å². The topological polar surface area (TPSA) is 68.2 Å². The van der Waals surface area contributed by atoms with Crippen molar-refractivity contribution in [2.75, 3.05) is 11.9 Å². The Kier molecular flexibility index (Phi) is 3.15. The summed E-state index contributed by atoms with van der Waals surface area (Å²) < 4.78 is 1.76. The molecule has 96 valence electrons. The van der Waals surface area contributed by atoms with Crippen LogP contribution >= 0.6 is 0 Å². The van der Waals surface area contributed by atoms with E-state index in [1.54, 1.807) is 10.7 Å². The van der Waals surface area contributed by atoms with Crippen LogP contribution in [0.1, 0.15) is 25.7 Å². The summed E-state index contributed by atoms with van der Waals surface area (Å²) in [4.78, 5) is 4.53. The maximum Gasteiger partial charge on any atom is 0.157 e. The van der Waals surface area contributed by atoms with Crippen LogP contribution in [0.15, 0.2) is 24.5 Å². The normalized spacial score (nSPS) is 18.3. The van der Waals surface area contributed by atoms with Gasteiger partial charge >= 0.3 is 0 Å². The molecule has 1 aliphatic rings. The van der Waals surface area contributed by atoms with E-state index in [0.717, 1.165) is 11.5 Å². The van der Waals surface area contributed by atoms with E-state index in [9.17, 15) is 0 Å². The van der Waals surface area contributed by atoms with Crippen molar-refractivity contribution in [3.63, 3.8) is 0 Å². The fourth-order valence-electron chi connectivity index (χ4n) is 2.81. The first-order valence-electron chi connectivity index (χ1n) is 6.64. The Hall–Kier alpha value is -1.62. The van der Waals surface area contributed by atoms with Crippen LogP contribution in [0.25, 0.3) is 5.65 Å². The summed E-state index contributed by atoms with van der Waals surface area (Å²) in [7, 11) is 0. The first kappa shape index (κ1) is 11.5. The summed E-state index contributed by atoms with van der Waals surface area (Å²) in [5.74, 6) is 1.59. The lowest BCUT2D eigenvalue weighted by Gasteiger charge is -2.23. The molecule has 2 heterocycles. The highest BCUT2D eigenvalue weighted by atomic mass is 15.2. The van der Waals surface area contributed by atoms with Crippen molar-refractivity contribution in [3.8, 4) is 0 Å². The molecule has 1 unspecified atom stereocenters. The highest BCUT2D eigenvalue weighted by Gasteiger charge is 2.24.